The second-order valence-corrected chi connectivity index (χ2v) is 5.69. The van der Waals surface area contributed by atoms with Gasteiger partial charge in [-0.3, -0.25) is 0 Å². The maximum Gasteiger partial charge on any atom is 0.415 e. The van der Waals surface area contributed by atoms with Crippen LogP contribution in [0, 0.1) is 11.3 Å². The Balaban J connectivity index is 4.11. The number of amides is 1. The van der Waals surface area contributed by atoms with E-state index >= 15 is 0 Å². The minimum atomic E-state index is -0.708. The van der Waals surface area contributed by atoms with Gasteiger partial charge in [0.1, 0.15) is 0 Å². The van der Waals surface area contributed by atoms with Crippen LogP contribution in [0.1, 0.15) is 47.5 Å². The second-order valence-electron chi connectivity index (χ2n) is 5.69. The van der Waals surface area contributed by atoms with Gasteiger partial charge in [-0.1, -0.05) is 40.7 Å². The van der Waals surface area contributed by atoms with E-state index in [0.717, 1.165) is 12.8 Å². The van der Waals surface area contributed by atoms with Gasteiger partial charge in [-0.05, 0) is 24.7 Å². The molecule has 1 amide bonds. The van der Waals surface area contributed by atoms with Gasteiger partial charge in [0.2, 0.25) is 0 Å². The van der Waals surface area contributed by atoms with Crippen molar-refractivity contribution in [1.29, 1.82) is 0 Å². The van der Waals surface area contributed by atoms with Gasteiger partial charge in [0.25, 0.3) is 0 Å². The first-order chi connectivity index (χ1) is 8.18. The molecule has 0 rings (SSSR count). The molecule has 0 aliphatic rings. The molecule has 4 heteroatoms. The molecule has 1 unspecified atom stereocenters. The lowest BCUT2D eigenvalue weighted by atomic mass is 9.82. The summed E-state index contributed by atoms with van der Waals surface area (Å²) >= 11 is 0. The number of nitrogens with one attached hydrogen (secondary N) is 1. The van der Waals surface area contributed by atoms with Crippen molar-refractivity contribution in [3.63, 3.8) is 0 Å². The van der Waals surface area contributed by atoms with E-state index in [9.17, 15) is 9.59 Å². The average molecular weight is 255 g/mol. The third-order valence-corrected chi connectivity index (χ3v) is 2.84. The number of alkyl carbamates (subject to hydrolysis) is 1. The largest absolute Gasteiger partial charge is 0.415 e. The van der Waals surface area contributed by atoms with Crippen LogP contribution in [0.5, 0.6) is 0 Å². The smallest absolute Gasteiger partial charge is 0.373 e. The minimum absolute atomic E-state index is 0.0132. The number of ether oxygens (including phenoxy) is 1. The van der Waals surface area contributed by atoms with Crippen LogP contribution in [0.2, 0.25) is 0 Å². The fourth-order valence-corrected chi connectivity index (χ4v) is 1.68. The Morgan fingerprint density at radius 1 is 1.39 bits per heavy atom. The first-order valence-electron chi connectivity index (χ1n) is 6.33. The number of carbonyl (C=O) groups is 2. The quantitative estimate of drug-likeness (QED) is 0.450. The maximum absolute atomic E-state index is 11.4. The minimum Gasteiger partial charge on any atom is -0.373 e. The lowest BCUT2D eigenvalue weighted by molar-refractivity contribution is -0.132. The Hall–Kier alpha value is -1.32. The molecule has 18 heavy (non-hydrogen) atoms. The Kier molecular flexibility index (Phi) is 6.66. The summed E-state index contributed by atoms with van der Waals surface area (Å²) in [5, 5.41) is 2.62. The SMILES string of the molecule is C=C(C)C(=O)OC(=O)NCC(C)(C)CC(C)CC. The molecule has 0 spiro atoms. The van der Waals surface area contributed by atoms with Crippen LogP contribution in [0.3, 0.4) is 0 Å². The third kappa shape index (κ3) is 7.09. The summed E-state index contributed by atoms with van der Waals surface area (Å²) in [6.07, 6.45) is 1.42. The summed E-state index contributed by atoms with van der Waals surface area (Å²) in [5.74, 6) is -0.0814. The van der Waals surface area contributed by atoms with Crippen molar-refractivity contribution >= 4 is 12.1 Å². The second kappa shape index (κ2) is 7.19. The van der Waals surface area contributed by atoms with Gasteiger partial charge >= 0.3 is 12.1 Å². The normalized spacial score (nSPS) is 12.7. The van der Waals surface area contributed by atoms with E-state index in [1.54, 1.807) is 0 Å². The zero-order chi connectivity index (χ0) is 14.3. The molecular formula is C14H25NO3. The highest BCUT2D eigenvalue weighted by molar-refractivity contribution is 5.94. The van der Waals surface area contributed by atoms with Crippen molar-refractivity contribution in [3.05, 3.63) is 12.2 Å². The van der Waals surface area contributed by atoms with Gasteiger partial charge in [-0.25, -0.2) is 9.59 Å². The van der Waals surface area contributed by atoms with E-state index in [2.05, 4.69) is 44.3 Å². The Morgan fingerprint density at radius 3 is 2.39 bits per heavy atom. The molecule has 0 saturated carbocycles. The van der Waals surface area contributed by atoms with Crippen LogP contribution in [-0.4, -0.2) is 18.6 Å². The van der Waals surface area contributed by atoms with Crippen LogP contribution in [0.15, 0.2) is 12.2 Å². The molecule has 0 fully saturated rings. The molecule has 104 valence electrons. The summed E-state index contributed by atoms with van der Waals surface area (Å²) in [4.78, 5) is 22.5. The standard InChI is InChI=1S/C14H25NO3/c1-7-11(4)8-14(5,6)9-15-13(17)18-12(16)10(2)3/h11H,2,7-9H2,1,3-6H3,(H,15,17). The molecule has 0 aromatic heterocycles. The summed E-state index contributed by atoms with van der Waals surface area (Å²) in [6.45, 7) is 13.9. The monoisotopic (exact) mass is 255 g/mol. The number of esters is 1. The van der Waals surface area contributed by atoms with E-state index in [1.165, 1.54) is 6.92 Å². The van der Waals surface area contributed by atoms with Crippen molar-refractivity contribution in [2.24, 2.45) is 11.3 Å². The predicted molar refractivity (Wildman–Crippen MR) is 72.2 cm³/mol. The van der Waals surface area contributed by atoms with Crippen molar-refractivity contribution in [2.45, 2.75) is 47.5 Å². The fourth-order valence-electron chi connectivity index (χ4n) is 1.68. The topological polar surface area (TPSA) is 55.4 Å². The zero-order valence-electron chi connectivity index (χ0n) is 12.1. The summed E-state index contributed by atoms with van der Waals surface area (Å²) in [5.41, 5.74) is 0.199. The molecule has 0 bridgehead atoms. The molecule has 0 saturated heterocycles. The van der Waals surface area contributed by atoms with Gasteiger partial charge in [0.15, 0.2) is 0 Å². The van der Waals surface area contributed by atoms with Crippen molar-refractivity contribution in [2.75, 3.05) is 6.54 Å². The number of carbonyl (C=O) groups excluding carboxylic acids is 2. The fraction of sp³-hybridized carbons (Fsp3) is 0.714. The molecule has 4 nitrogen and oxygen atoms in total. The number of hydrogen-bond acceptors (Lipinski definition) is 3. The summed E-state index contributed by atoms with van der Waals surface area (Å²) < 4.78 is 4.55. The van der Waals surface area contributed by atoms with Crippen molar-refractivity contribution in [1.82, 2.24) is 5.32 Å². The Bertz CT molecular complexity index is 321. The van der Waals surface area contributed by atoms with Crippen LogP contribution >= 0.6 is 0 Å². The molecule has 0 aliphatic heterocycles. The first-order valence-corrected chi connectivity index (χ1v) is 6.33. The van der Waals surface area contributed by atoms with E-state index in [1.807, 2.05) is 0 Å². The van der Waals surface area contributed by atoms with E-state index < -0.39 is 12.1 Å². The molecule has 0 heterocycles. The van der Waals surface area contributed by atoms with Crippen LogP contribution < -0.4 is 5.32 Å². The highest BCUT2D eigenvalue weighted by Gasteiger charge is 2.22. The van der Waals surface area contributed by atoms with Gasteiger partial charge in [-0.2, -0.15) is 0 Å². The molecule has 0 aromatic carbocycles. The highest BCUT2D eigenvalue weighted by Crippen LogP contribution is 2.25. The summed E-state index contributed by atoms with van der Waals surface area (Å²) in [7, 11) is 0. The average Bonchev–Trinajstić information content (AvgIpc) is 2.25. The van der Waals surface area contributed by atoms with Crippen LogP contribution in [0.25, 0.3) is 0 Å². The number of hydrogen-bond donors (Lipinski definition) is 1. The molecular weight excluding hydrogens is 230 g/mol. The zero-order valence-corrected chi connectivity index (χ0v) is 12.1. The third-order valence-electron chi connectivity index (χ3n) is 2.84. The molecule has 0 aliphatic carbocycles. The molecule has 0 radical (unpaired) electrons. The van der Waals surface area contributed by atoms with Gasteiger partial charge in [-0.15, -0.1) is 0 Å². The first kappa shape index (κ1) is 16.7. The highest BCUT2D eigenvalue weighted by atomic mass is 16.6. The maximum atomic E-state index is 11.4. The van der Waals surface area contributed by atoms with Crippen LogP contribution in [0.4, 0.5) is 4.79 Å². The van der Waals surface area contributed by atoms with E-state index in [-0.39, 0.29) is 11.0 Å². The van der Waals surface area contributed by atoms with Gasteiger partial charge in [0, 0.05) is 12.1 Å². The Labute approximate surface area is 110 Å². The van der Waals surface area contributed by atoms with E-state index in [0.29, 0.717) is 12.5 Å². The predicted octanol–water partition coefficient (Wildman–Crippen LogP) is 3.28. The Morgan fingerprint density at radius 2 is 1.94 bits per heavy atom. The van der Waals surface area contributed by atoms with Crippen molar-refractivity contribution < 1.29 is 14.3 Å². The molecule has 0 aromatic rings. The van der Waals surface area contributed by atoms with Gasteiger partial charge in [0.05, 0.1) is 0 Å². The molecule has 1 atom stereocenters. The summed E-state index contributed by atoms with van der Waals surface area (Å²) in [6, 6.07) is 0. The van der Waals surface area contributed by atoms with Crippen molar-refractivity contribution in [3.8, 4) is 0 Å². The van der Waals surface area contributed by atoms with E-state index in [4.69, 9.17) is 0 Å². The molecule has 1 N–H and O–H groups in total. The van der Waals surface area contributed by atoms with Crippen LogP contribution in [-0.2, 0) is 9.53 Å². The lowest BCUT2D eigenvalue weighted by Gasteiger charge is -2.27. The lowest BCUT2D eigenvalue weighted by Crippen LogP contribution is -2.36. The number of rotatable bonds is 6. The van der Waals surface area contributed by atoms with Gasteiger partial charge < -0.3 is 10.1 Å².